The molecule has 2 amide bonds. The highest BCUT2D eigenvalue weighted by molar-refractivity contribution is 6.02. The molecular weight excluding hydrogens is 363 g/mol. The quantitative estimate of drug-likeness (QED) is 0.728. The number of carbonyl (C=O) groups excluding carboxylic acids is 2. The summed E-state index contributed by atoms with van der Waals surface area (Å²) in [4.78, 5) is 35.8. The van der Waals surface area contributed by atoms with E-state index in [-0.39, 0.29) is 17.3 Å². The minimum Gasteiger partial charge on any atom is -0.326 e. The summed E-state index contributed by atoms with van der Waals surface area (Å²) in [7, 11) is 0. The summed E-state index contributed by atoms with van der Waals surface area (Å²) in [6.45, 7) is 2.99. The van der Waals surface area contributed by atoms with E-state index in [1.165, 1.54) is 35.9 Å². The summed E-state index contributed by atoms with van der Waals surface area (Å²) in [5.74, 6) is -1.46. The van der Waals surface area contributed by atoms with Crippen molar-refractivity contribution in [2.45, 2.75) is 13.8 Å². The van der Waals surface area contributed by atoms with Gasteiger partial charge in [-0.25, -0.2) is 9.07 Å². The number of hydrogen-bond acceptors (Lipinski definition) is 4. The van der Waals surface area contributed by atoms with Crippen LogP contribution in [0.15, 0.2) is 59.4 Å². The summed E-state index contributed by atoms with van der Waals surface area (Å²) < 4.78 is 15.3. The number of amides is 2. The third-order valence-electron chi connectivity index (χ3n) is 3.87. The van der Waals surface area contributed by atoms with E-state index in [0.29, 0.717) is 17.1 Å². The Labute approximate surface area is 159 Å². The number of hydrogen-bond donors (Lipinski definition) is 2. The van der Waals surface area contributed by atoms with Crippen molar-refractivity contribution in [3.63, 3.8) is 0 Å². The normalized spacial score (nSPS) is 10.4. The van der Waals surface area contributed by atoms with Gasteiger partial charge in [0.25, 0.3) is 5.91 Å². The van der Waals surface area contributed by atoms with Gasteiger partial charge in [-0.15, -0.1) is 0 Å². The smallest absolute Gasteiger partial charge is 0.280 e. The molecule has 142 valence electrons. The number of para-hydroxylation sites is 1. The van der Waals surface area contributed by atoms with E-state index in [0.717, 1.165) is 0 Å². The van der Waals surface area contributed by atoms with E-state index in [4.69, 9.17) is 0 Å². The van der Waals surface area contributed by atoms with Crippen LogP contribution >= 0.6 is 0 Å². The fourth-order valence-electron chi connectivity index (χ4n) is 2.60. The molecule has 0 saturated heterocycles. The second-order valence-corrected chi connectivity index (χ2v) is 6.07. The molecule has 3 rings (SSSR count). The second-order valence-electron chi connectivity index (χ2n) is 6.07. The van der Waals surface area contributed by atoms with Gasteiger partial charge in [-0.2, -0.15) is 5.10 Å². The zero-order valence-corrected chi connectivity index (χ0v) is 15.2. The van der Waals surface area contributed by atoms with Crippen molar-refractivity contribution in [3.05, 3.63) is 82.0 Å². The minimum atomic E-state index is -0.720. The molecule has 0 aliphatic carbocycles. The number of nitrogens with one attached hydrogen (secondary N) is 2. The average molecular weight is 380 g/mol. The van der Waals surface area contributed by atoms with Gasteiger partial charge in [0, 0.05) is 30.1 Å². The lowest BCUT2D eigenvalue weighted by molar-refractivity contribution is -0.114. The number of benzene rings is 2. The highest BCUT2D eigenvalue weighted by Crippen LogP contribution is 2.15. The molecule has 0 radical (unpaired) electrons. The first-order valence-electron chi connectivity index (χ1n) is 8.40. The zero-order valence-electron chi connectivity index (χ0n) is 15.2. The molecule has 0 atom stereocenters. The monoisotopic (exact) mass is 380 g/mol. The van der Waals surface area contributed by atoms with Crippen molar-refractivity contribution in [1.29, 1.82) is 0 Å². The molecule has 1 aromatic heterocycles. The highest BCUT2D eigenvalue weighted by Gasteiger charge is 2.17. The molecule has 7 nitrogen and oxygen atoms in total. The van der Waals surface area contributed by atoms with Crippen LogP contribution in [0.25, 0.3) is 5.69 Å². The number of halogens is 1. The molecule has 0 aliphatic heterocycles. The van der Waals surface area contributed by atoms with Gasteiger partial charge in [-0.05, 0) is 43.3 Å². The van der Waals surface area contributed by atoms with Crippen LogP contribution in [0.1, 0.15) is 23.1 Å². The van der Waals surface area contributed by atoms with E-state index in [2.05, 4.69) is 15.7 Å². The molecule has 2 N–H and O–H groups in total. The number of anilines is 2. The van der Waals surface area contributed by atoms with Crippen LogP contribution in [-0.4, -0.2) is 21.6 Å². The molecular formula is C20H17FN4O3. The Morgan fingerprint density at radius 3 is 2.21 bits per heavy atom. The van der Waals surface area contributed by atoms with Crippen LogP contribution in [0.5, 0.6) is 0 Å². The van der Waals surface area contributed by atoms with E-state index < -0.39 is 17.2 Å². The van der Waals surface area contributed by atoms with Crippen molar-refractivity contribution in [2.24, 2.45) is 0 Å². The van der Waals surface area contributed by atoms with Gasteiger partial charge in [0.2, 0.25) is 11.3 Å². The number of rotatable bonds is 4. The van der Waals surface area contributed by atoms with Crippen LogP contribution in [0.3, 0.4) is 0 Å². The van der Waals surface area contributed by atoms with Gasteiger partial charge in [0.15, 0.2) is 5.69 Å². The number of aromatic nitrogens is 2. The lowest BCUT2D eigenvalue weighted by Crippen LogP contribution is -2.27. The predicted octanol–water partition coefficient (Wildman–Crippen LogP) is 2.89. The Bertz CT molecular complexity index is 1110. The Balaban J connectivity index is 1.90. The molecule has 2 aromatic carbocycles. The first kappa shape index (κ1) is 19.0. The Kier molecular flexibility index (Phi) is 5.30. The van der Waals surface area contributed by atoms with Gasteiger partial charge >= 0.3 is 0 Å². The van der Waals surface area contributed by atoms with Gasteiger partial charge in [0.05, 0.1) is 0 Å². The molecule has 0 fully saturated rings. The van der Waals surface area contributed by atoms with Crippen LogP contribution < -0.4 is 16.1 Å². The maximum atomic E-state index is 14.1. The summed E-state index contributed by atoms with van der Waals surface area (Å²) in [5, 5.41) is 9.23. The Hall–Kier alpha value is -3.81. The Morgan fingerprint density at radius 1 is 1.00 bits per heavy atom. The topological polar surface area (TPSA) is 93.1 Å². The maximum absolute atomic E-state index is 14.1. The van der Waals surface area contributed by atoms with Gasteiger partial charge in [-0.3, -0.25) is 14.4 Å². The number of carbonyl (C=O) groups is 2. The summed E-state index contributed by atoms with van der Waals surface area (Å²) in [6.07, 6.45) is 0. The zero-order chi connectivity index (χ0) is 20.3. The van der Waals surface area contributed by atoms with Gasteiger partial charge in [0.1, 0.15) is 11.5 Å². The summed E-state index contributed by atoms with van der Waals surface area (Å²) in [5.41, 5.74) is 0.580. The molecule has 28 heavy (non-hydrogen) atoms. The van der Waals surface area contributed by atoms with Gasteiger partial charge in [-0.1, -0.05) is 12.1 Å². The Morgan fingerprint density at radius 2 is 1.61 bits per heavy atom. The average Bonchev–Trinajstić information content (AvgIpc) is 2.64. The fourth-order valence-corrected chi connectivity index (χ4v) is 2.60. The second kappa shape index (κ2) is 7.83. The molecule has 0 aliphatic rings. The van der Waals surface area contributed by atoms with E-state index in [1.807, 2.05) is 0 Å². The van der Waals surface area contributed by atoms with E-state index >= 15 is 0 Å². The van der Waals surface area contributed by atoms with Crippen molar-refractivity contribution >= 4 is 23.2 Å². The van der Waals surface area contributed by atoms with Crippen LogP contribution in [-0.2, 0) is 4.79 Å². The molecule has 0 spiro atoms. The molecule has 0 bridgehead atoms. The number of nitrogens with zero attached hydrogens (tertiary/aromatic N) is 2. The third-order valence-corrected chi connectivity index (χ3v) is 3.87. The highest BCUT2D eigenvalue weighted by atomic mass is 19.1. The lowest BCUT2D eigenvalue weighted by atomic mass is 10.2. The fraction of sp³-hybridized carbons (Fsp3) is 0.100. The molecule has 0 saturated carbocycles. The maximum Gasteiger partial charge on any atom is 0.280 e. The van der Waals surface area contributed by atoms with Crippen LogP contribution in [0.4, 0.5) is 15.8 Å². The standard InChI is InChI=1S/C20H17FN4O3/c1-12-11-18(27)19(24-25(12)17-6-4-3-5-16(17)21)20(28)23-15-9-7-14(8-10-15)22-13(2)26/h3-11H,1-2H3,(H,22,26)(H,23,28). The lowest BCUT2D eigenvalue weighted by Gasteiger charge is -2.12. The van der Waals surface area contributed by atoms with E-state index in [1.54, 1.807) is 37.3 Å². The largest absolute Gasteiger partial charge is 0.326 e. The summed E-state index contributed by atoms with van der Waals surface area (Å²) in [6, 6.07) is 13.5. The molecule has 1 heterocycles. The summed E-state index contributed by atoms with van der Waals surface area (Å²) >= 11 is 0. The van der Waals surface area contributed by atoms with Crippen molar-refractivity contribution < 1.29 is 14.0 Å². The van der Waals surface area contributed by atoms with Gasteiger partial charge < -0.3 is 10.6 Å². The van der Waals surface area contributed by atoms with Crippen molar-refractivity contribution in [2.75, 3.05) is 10.6 Å². The first-order chi connectivity index (χ1) is 13.3. The molecule has 8 heteroatoms. The van der Waals surface area contributed by atoms with Crippen molar-refractivity contribution in [3.8, 4) is 5.69 Å². The predicted molar refractivity (Wildman–Crippen MR) is 103 cm³/mol. The molecule has 0 unspecified atom stereocenters. The van der Waals surface area contributed by atoms with Crippen molar-refractivity contribution in [1.82, 2.24) is 9.78 Å². The minimum absolute atomic E-state index is 0.133. The first-order valence-corrected chi connectivity index (χ1v) is 8.40. The van der Waals surface area contributed by atoms with Crippen LogP contribution in [0.2, 0.25) is 0 Å². The SMILES string of the molecule is CC(=O)Nc1ccc(NC(=O)c2nn(-c3ccccc3F)c(C)cc2=O)cc1. The third kappa shape index (κ3) is 4.12. The van der Waals surface area contributed by atoms with E-state index in [9.17, 15) is 18.8 Å². The van der Waals surface area contributed by atoms with Crippen LogP contribution in [0, 0.1) is 12.7 Å². The number of aryl methyl sites for hydroxylation is 1. The molecule has 3 aromatic rings.